The number of aromatic nitrogens is 1. The zero-order valence-corrected chi connectivity index (χ0v) is 15.4. The Balaban J connectivity index is 1.68. The van der Waals surface area contributed by atoms with E-state index < -0.39 is 11.7 Å². The predicted molar refractivity (Wildman–Crippen MR) is 102 cm³/mol. The number of pyridine rings is 1. The van der Waals surface area contributed by atoms with Crippen LogP contribution in [0.15, 0.2) is 60.4 Å². The molecule has 1 N–H and O–H groups in total. The molecule has 0 radical (unpaired) electrons. The Morgan fingerprint density at radius 1 is 1.12 bits per heavy atom. The molecule has 1 aromatic carbocycles. The molecule has 0 spiro atoms. The highest BCUT2D eigenvalue weighted by atomic mass is 35.5. The van der Waals surface area contributed by atoms with Crippen molar-refractivity contribution in [3.8, 4) is 0 Å². The Hall–Kier alpha value is -2.50. The molecule has 0 saturated carbocycles. The summed E-state index contributed by atoms with van der Waals surface area (Å²) in [5.41, 5.74) is 2.19. The van der Waals surface area contributed by atoms with E-state index in [4.69, 9.17) is 11.6 Å². The molecule has 1 aliphatic rings. The minimum Gasteiger partial charge on any atom is -0.319 e. The van der Waals surface area contributed by atoms with Gasteiger partial charge in [-0.15, -0.1) is 0 Å². The molecule has 0 bridgehead atoms. The van der Waals surface area contributed by atoms with E-state index in [0.29, 0.717) is 22.8 Å². The molecule has 3 rings (SSSR count). The third-order valence-corrected chi connectivity index (χ3v) is 4.83. The number of hydrogen-bond acceptors (Lipinski definition) is 4. The second kappa shape index (κ2) is 7.81. The van der Waals surface area contributed by atoms with Gasteiger partial charge in [0.1, 0.15) is 0 Å². The average molecular weight is 370 g/mol. The Labute approximate surface area is 157 Å². The number of hydrogen-bond donors (Lipinski definition) is 1. The molecule has 0 aliphatic carbocycles. The van der Waals surface area contributed by atoms with Crippen LogP contribution in [0.25, 0.3) is 0 Å². The summed E-state index contributed by atoms with van der Waals surface area (Å²) in [6.07, 6.45) is 5.00. The maximum atomic E-state index is 12.6. The van der Waals surface area contributed by atoms with Crippen LogP contribution in [0.1, 0.15) is 19.4 Å². The van der Waals surface area contributed by atoms with E-state index in [1.165, 1.54) is 0 Å². The highest BCUT2D eigenvalue weighted by molar-refractivity contribution is 6.46. The summed E-state index contributed by atoms with van der Waals surface area (Å²) >= 11 is 5.93. The SMILES string of the molecule is CC1C=C(C(=O)C(=O)Nc2ccncc2)C(C)N1Cc1ccc(Cl)cc1. The highest BCUT2D eigenvalue weighted by Crippen LogP contribution is 2.27. The quantitative estimate of drug-likeness (QED) is 0.820. The summed E-state index contributed by atoms with van der Waals surface area (Å²) in [6, 6.07) is 10.9. The zero-order chi connectivity index (χ0) is 18.7. The van der Waals surface area contributed by atoms with Crippen molar-refractivity contribution in [1.82, 2.24) is 9.88 Å². The number of rotatable bonds is 5. The Morgan fingerprint density at radius 3 is 2.42 bits per heavy atom. The van der Waals surface area contributed by atoms with Crippen LogP contribution in [0.4, 0.5) is 5.69 Å². The van der Waals surface area contributed by atoms with Crippen LogP contribution in [0.2, 0.25) is 5.02 Å². The van der Waals surface area contributed by atoms with Crippen molar-refractivity contribution in [3.63, 3.8) is 0 Å². The first-order valence-corrected chi connectivity index (χ1v) is 8.81. The van der Waals surface area contributed by atoms with Gasteiger partial charge >= 0.3 is 0 Å². The number of anilines is 1. The van der Waals surface area contributed by atoms with E-state index in [2.05, 4.69) is 15.2 Å². The lowest BCUT2D eigenvalue weighted by atomic mass is 10.0. The van der Waals surface area contributed by atoms with Crippen LogP contribution in [0, 0.1) is 0 Å². The van der Waals surface area contributed by atoms with Gasteiger partial charge in [-0.2, -0.15) is 0 Å². The minimum absolute atomic E-state index is 0.0633. The second-order valence-electron chi connectivity index (χ2n) is 6.36. The molecule has 6 heteroatoms. The molecule has 1 amide bonds. The molecule has 2 aromatic rings. The molecule has 0 saturated heterocycles. The van der Waals surface area contributed by atoms with Crippen LogP contribution in [-0.4, -0.2) is 33.7 Å². The van der Waals surface area contributed by atoms with Crippen LogP contribution in [-0.2, 0) is 16.1 Å². The van der Waals surface area contributed by atoms with Crippen molar-refractivity contribution in [2.75, 3.05) is 5.32 Å². The van der Waals surface area contributed by atoms with Gasteiger partial charge < -0.3 is 5.32 Å². The minimum atomic E-state index is -0.630. The fourth-order valence-electron chi connectivity index (χ4n) is 3.13. The number of halogens is 1. The van der Waals surface area contributed by atoms with E-state index in [0.717, 1.165) is 5.56 Å². The molecule has 1 aromatic heterocycles. The number of benzene rings is 1. The van der Waals surface area contributed by atoms with Crippen molar-refractivity contribution in [1.29, 1.82) is 0 Å². The Kier molecular flexibility index (Phi) is 5.49. The summed E-state index contributed by atoms with van der Waals surface area (Å²) in [4.78, 5) is 31.0. The lowest BCUT2D eigenvalue weighted by Gasteiger charge is -2.27. The van der Waals surface area contributed by atoms with Crippen molar-refractivity contribution in [3.05, 3.63) is 71.0 Å². The van der Waals surface area contributed by atoms with Crippen LogP contribution in [0.3, 0.4) is 0 Å². The van der Waals surface area contributed by atoms with Gasteiger partial charge in [0.05, 0.1) is 0 Å². The fourth-order valence-corrected chi connectivity index (χ4v) is 3.25. The number of ketones is 1. The van der Waals surface area contributed by atoms with E-state index in [1.807, 2.05) is 44.2 Å². The van der Waals surface area contributed by atoms with E-state index in [-0.39, 0.29) is 12.1 Å². The van der Waals surface area contributed by atoms with Crippen molar-refractivity contribution >= 4 is 29.0 Å². The van der Waals surface area contributed by atoms with Gasteiger partial charge in [-0.25, -0.2) is 0 Å². The zero-order valence-electron chi connectivity index (χ0n) is 14.6. The van der Waals surface area contributed by atoms with E-state index in [9.17, 15) is 9.59 Å². The van der Waals surface area contributed by atoms with Gasteiger partial charge in [0, 0.05) is 47.3 Å². The number of carbonyl (C=O) groups excluding carboxylic acids is 2. The number of amides is 1. The van der Waals surface area contributed by atoms with Gasteiger partial charge in [-0.1, -0.05) is 29.8 Å². The molecule has 2 heterocycles. The molecular weight excluding hydrogens is 350 g/mol. The summed E-state index contributed by atoms with van der Waals surface area (Å²) < 4.78 is 0. The second-order valence-corrected chi connectivity index (χ2v) is 6.79. The van der Waals surface area contributed by atoms with E-state index >= 15 is 0 Å². The molecule has 134 valence electrons. The van der Waals surface area contributed by atoms with Crippen LogP contribution < -0.4 is 5.32 Å². The third kappa shape index (κ3) is 4.00. The number of nitrogens with zero attached hydrogens (tertiary/aromatic N) is 2. The van der Waals surface area contributed by atoms with Gasteiger partial charge in [0.2, 0.25) is 5.78 Å². The van der Waals surface area contributed by atoms with Gasteiger partial charge in [-0.3, -0.25) is 19.5 Å². The number of Topliss-reactive ketones (excluding diaryl/α,β-unsaturated/α-hetero) is 1. The summed E-state index contributed by atoms with van der Waals surface area (Å²) in [6.45, 7) is 4.65. The molecular formula is C20H20ClN3O2. The van der Waals surface area contributed by atoms with Crippen LogP contribution >= 0.6 is 11.6 Å². The average Bonchev–Trinajstić information content (AvgIpc) is 2.92. The fraction of sp³-hybridized carbons (Fsp3) is 0.250. The maximum absolute atomic E-state index is 12.6. The van der Waals surface area contributed by atoms with Crippen LogP contribution in [0.5, 0.6) is 0 Å². The lowest BCUT2D eigenvalue weighted by molar-refractivity contribution is -0.132. The standard InChI is InChI=1S/C20H20ClN3O2/c1-13-11-18(19(25)20(26)23-17-7-9-22-10-8-17)14(2)24(13)12-15-3-5-16(21)6-4-15/h3-11,13-14H,12H2,1-2H3,(H,22,23,26). The first-order valence-electron chi connectivity index (χ1n) is 8.43. The monoisotopic (exact) mass is 369 g/mol. The number of nitrogens with one attached hydrogen (secondary N) is 1. The third-order valence-electron chi connectivity index (χ3n) is 4.58. The van der Waals surface area contributed by atoms with Crippen molar-refractivity contribution in [2.45, 2.75) is 32.5 Å². The van der Waals surface area contributed by atoms with Crippen molar-refractivity contribution < 1.29 is 9.59 Å². The Bertz CT molecular complexity index is 834. The molecule has 26 heavy (non-hydrogen) atoms. The number of carbonyl (C=O) groups is 2. The van der Waals surface area contributed by atoms with Crippen molar-refractivity contribution in [2.24, 2.45) is 0 Å². The molecule has 2 unspecified atom stereocenters. The molecule has 5 nitrogen and oxygen atoms in total. The molecule has 2 atom stereocenters. The smallest absolute Gasteiger partial charge is 0.296 e. The summed E-state index contributed by atoms with van der Waals surface area (Å²) in [7, 11) is 0. The predicted octanol–water partition coefficient (Wildman–Crippen LogP) is 3.46. The first kappa shape index (κ1) is 18.3. The maximum Gasteiger partial charge on any atom is 0.296 e. The summed E-state index contributed by atoms with van der Waals surface area (Å²) in [5, 5.41) is 3.31. The first-order chi connectivity index (χ1) is 12.5. The topological polar surface area (TPSA) is 62.3 Å². The molecule has 1 aliphatic heterocycles. The van der Waals surface area contributed by atoms with Gasteiger partial charge in [0.25, 0.3) is 5.91 Å². The highest BCUT2D eigenvalue weighted by Gasteiger charge is 2.35. The lowest BCUT2D eigenvalue weighted by Crippen LogP contribution is -2.37. The normalized spacial score (nSPS) is 19.9. The van der Waals surface area contributed by atoms with E-state index in [1.54, 1.807) is 24.5 Å². The van der Waals surface area contributed by atoms with Gasteiger partial charge in [0.15, 0.2) is 0 Å². The molecule has 0 fully saturated rings. The van der Waals surface area contributed by atoms with Gasteiger partial charge in [-0.05, 0) is 43.7 Å². The Morgan fingerprint density at radius 2 is 1.77 bits per heavy atom. The largest absolute Gasteiger partial charge is 0.319 e. The summed E-state index contributed by atoms with van der Waals surface area (Å²) in [5.74, 6) is -1.13.